The molecular weight excluding hydrogens is 363 g/mol. The fourth-order valence-electron chi connectivity index (χ4n) is 2.71. The van der Waals surface area contributed by atoms with E-state index >= 15 is 0 Å². The predicted molar refractivity (Wildman–Crippen MR) is 105 cm³/mol. The van der Waals surface area contributed by atoms with Gasteiger partial charge >= 0.3 is 0 Å². The Morgan fingerprint density at radius 3 is 2.57 bits per heavy atom. The Morgan fingerprint density at radius 1 is 1.21 bits per heavy atom. The molecule has 0 fully saturated rings. The first-order valence-electron chi connectivity index (χ1n) is 9.39. The van der Waals surface area contributed by atoms with Gasteiger partial charge in [-0.3, -0.25) is 14.9 Å². The maximum Gasteiger partial charge on any atom is 0.252 e. The Labute approximate surface area is 164 Å². The Balaban J connectivity index is 1.85. The van der Waals surface area contributed by atoms with Crippen LogP contribution in [0.4, 0.5) is 10.3 Å². The smallest absolute Gasteiger partial charge is 0.252 e. The van der Waals surface area contributed by atoms with Gasteiger partial charge in [-0.2, -0.15) is 0 Å². The van der Waals surface area contributed by atoms with Crippen molar-refractivity contribution >= 4 is 17.8 Å². The van der Waals surface area contributed by atoms with Crippen molar-refractivity contribution in [3.8, 4) is 11.3 Å². The van der Waals surface area contributed by atoms with Crippen molar-refractivity contribution in [3.05, 3.63) is 36.3 Å². The number of nitrogens with zero attached hydrogens (tertiary/aromatic N) is 3. The lowest BCUT2D eigenvalue weighted by atomic mass is 10.2. The second-order valence-corrected chi connectivity index (χ2v) is 6.40. The first kappa shape index (κ1) is 21.6. The number of unbranched alkanes of at least 4 members (excludes halogenated alkanes) is 1. The van der Waals surface area contributed by atoms with Gasteiger partial charge in [0.2, 0.25) is 11.9 Å². The third kappa shape index (κ3) is 5.88. The van der Waals surface area contributed by atoms with Gasteiger partial charge in [0.05, 0.1) is 11.9 Å². The van der Waals surface area contributed by atoms with Crippen LogP contribution in [0.3, 0.4) is 0 Å². The number of hydrogen-bond acceptors (Lipinski definition) is 4. The molecule has 1 aromatic heterocycles. The van der Waals surface area contributed by atoms with Gasteiger partial charge in [0, 0.05) is 25.7 Å². The van der Waals surface area contributed by atoms with E-state index in [1.54, 1.807) is 34.8 Å². The van der Waals surface area contributed by atoms with Crippen molar-refractivity contribution in [1.29, 1.82) is 0 Å². The second-order valence-electron chi connectivity index (χ2n) is 6.40. The first-order valence-corrected chi connectivity index (χ1v) is 9.39. The number of halogens is 1. The summed E-state index contributed by atoms with van der Waals surface area (Å²) in [4.78, 5) is 30.1. The summed E-state index contributed by atoms with van der Waals surface area (Å²) in [5, 5.41) is 2.65. The molecule has 0 radical (unpaired) electrons. The van der Waals surface area contributed by atoms with Crippen LogP contribution >= 0.6 is 0 Å². The van der Waals surface area contributed by atoms with Crippen LogP contribution in [0.15, 0.2) is 30.5 Å². The van der Waals surface area contributed by atoms with Crippen LogP contribution in [0.25, 0.3) is 11.3 Å². The number of nitrogens with one attached hydrogen (secondary N) is 1. The highest BCUT2D eigenvalue weighted by Gasteiger charge is 2.14. The highest BCUT2D eigenvalue weighted by molar-refractivity contribution is 5.90. The van der Waals surface area contributed by atoms with E-state index in [4.69, 9.17) is 4.74 Å². The third-order valence-electron chi connectivity index (χ3n) is 4.35. The molecule has 2 aromatic rings. The third-order valence-corrected chi connectivity index (χ3v) is 4.35. The summed E-state index contributed by atoms with van der Waals surface area (Å²) < 4.78 is 20.0. The number of imidazole rings is 1. The molecule has 2 amide bonds. The van der Waals surface area contributed by atoms with E-state index in [1.807, 2.05) is 6.92 Å². The summed E-state index contributed by atoms with van der Waals surface area (Å²) in [6, 6.07) is 6.02. The number of amides is 2. The van der Waals surface area contributed by atoms with Crippen molar-refractivity contribution in [2.45, 2.75) is 26.7 Å². The molecule has 28 heavy (non-hydrogen) atoms. The first-order chi connectivity index (χ1) is 13.5. The summed E-state index contributed by atoms with van der Waals surface area (Å²) >= 11 is 0. The average Bonchev–Trinajstić information content (AvgIpc) is 3.03. The van der Waals surface area contributed by atoms with Crippen molar-refractivity contribution < 1.29 is 18.7 Å². The molecule has 0 atom stereocenters. The van der Waals surface area contributed by atoms with E-state index < -0.39 is 5.91 Å². The number of ether oxygens (including phenoxy) is 1. The van der Waals surface area contributed by atoms with Crippen LogP contribution in [-0.4, -0.2) is 52.6 Å². The zero-order valence-electron chi connectivity index (χ0n) is 16.6. The minimum atomic E-state index is -0.399. The molecule has 2 rings (SSSR count). The minimum absolute atomic E-state index is 0.126. The molecule has 152 valence electrons. The van der Waals surface area contributed by atoms with Gasteiger partial charge in [-0.25, -0.2) is 9.37 Å². The molecule has 1 aromatic carbocycles. The number of carbonyl (C=O) groups excluding carboxylic acids is 2. The Morgan fingerprint density at radius 2 is 1.93 bits per heavy atom. The summed E-state index contributed by atoms with van der Waals surface area (Å²) in [5.41, 5.74) is 1.52. The Kier molecular flexibility index (Phi) is 8.13. The highest BCUT2D eigenvalue weighted by atomic mass is 19.1. The van der Waals surface area contributed by atoms with E-state index in [1.165, 1.54) is 12.1 Å². The van der Waals surface area contributed by atoms with Crippen LogP contribution in [0.1, 0.15) is 26.7 Å². The summed E-state index contributed by atoms with van der Waals surface area (Å²) in [7, 11) is 1.75. The molecule has 7 nitrogen and oxygen atoms in total. The molecule has 0 aliphatic carbocycles. The van der Waals surface area contributed by atoms with Crippen LogP contribution < -0.4 is 5.32 Å². The summed E-state index contributed by atoms with van der Waals surface area (Å²) in [6.45, 7) is 4.93. The van der Waals surface area contributed by atoms with E-state index in [2.05, 4.69) is 17.2 Å². The molecule has 0 spiro atoms. The minimum Gasteiger partial charge on any atom is -0.362 e. The molecule has 1 heterocycles. The van der Waals surface area contributed by atoms with Gasteiger partial charge in [0.15, 0.2) is 0 Å². The molecule has 0 bridgehead atoms. The van der Waals surface area contributed by atoms with Gasteiger partial charge in [-0.15, -0.1) is 0 Å². The molecule has 1 N–H and O–H groups in total. The van der Waals surface area contributed by atoms with Gasteiger partial charge in [0.25, 0.3) is 5.91 Å². The van der Waals surface area contributed by atoms with Gasteiger partial charge in [-0.1, -0.05) is 13.3 Å². The fraction of sp³-hybridized carbons (Fsp3) is 0.450. The Bertz CT molecular complexity index is 789. The van der Waals surface area contributed by atoms with Crippen LogP contribution in [0, 0.1) is 5.82 Å². The number of likely N-dealkylation sites (N-methyl/N-ethyl adjacent to an activating group) is 1. The molecule has 0 unspecified atom stereocenters. The summed E-state index contributed by atoms with van der Waals surface area (Å²) in [6.07, 6.45) is 3.55. The molecule has 8 heteroatoms. The molecule has 0 saturated heterocycles. The lowest BCUT2D eigenvalue weighted by Gasteiger charge is -2.20. The van der Waals surface area contributed by atoms with E-state index in [0.29, 0.717) is 19.0 Å². The number of carbonyl (C=O) groups is 2. The lowest BCUT2D eigenvalue weighted by Crippen LogP contribution is -2.35. The van der Waals surface area contributed by atoms with Crippen molar-refractivity contribution in [3.63, 3.8) is 0 Å². The molecule has 0 aliphatic rings. The normalized spacial score (nSPS) is 10.7. The SMILES string of the molecule is CCCCN(CC)C(=O)COCC(=O)Nc1ncc(-c2ccc(F)cc2)n1C. The van der Waals surface area contributed by atoms with Gasteiger partial charge in [0.1, 0.15) is 19.0 Å². The van der Waals surface area contributed by atoms with Gasteiger partial charge in [-0.05, 0) is 37.6 Å². The zero-order valence-corrected chi connectivity index (χ0v) is 16.6. The average molecular weight is 390 g/mol. The number of rotatable bonds is 10. The van der Waals surface area contributed by atoms with Crippen molar-refractivity contribution in [2.24, 2.45) is 7.05 Å². The zero-order chi connectivity index (χ0) is 20.5. The second kappa shape index (κ2) is 10.6. The van der Waals surface area contributed by atoms with E-state index in [-0.39, 0.29) is 24.9 Å². The quantitative estimate of drug-likeness (QED) is 0.677. The number of hydrogen-bond donors (Lipinski definition) is 1. The lowest BCUT2D eigenvalue weighted by molar-refractivity contribution is -0.137. The maximum atomic E-state index is 13.1. The molecule has 0 aliphatic heterocycles. The maximum absolute atomic E-state index is 13.1. The van der Waals surface area contributed by atoms with Gasteiger partial charge < -0.3 is 14.2 Å². The predicted octanol–water partition coefficient (Wildman–Crippen LogP) is 2.83. The molecular formula is C20H27FN4O3. The van der Waals surface area contributed by atoms with Crippen molar-refractivity contribution in [1.82, 2.24) is 14.5 Å². The highest BCUT2D eigenvalue weighted by Crippen LogP contribution is 2.22. The van der Waals surface area contributed by atoms with Crippen LogP contribution in [0.5, 0.6) is 0 Å². The Hall–Kier alpha value is -2.74. The number of benzene rings is 1. The standard InChI is InChI=1S/C20H27FN4O3/c1-4-6-11-25(5-2)19(27)14-28-13-18(26)23-20-22-12-17(24(20)3)15-7-9-16(21)10-8-15/h7-10,12H,4-6,11,13-14H2,1-3H3,(H,22,23,26). The largest absolute Gasteiger partial charge is 0.362 e. The summed E-state index contributed by atoms with van der Waals surface area (Å²) in [5.74, 6) is -0.497. The topological polar surface area (TPSA) is 76.5 Å². The van der Waals surface area contributed by atoms with E-state index in [0.717, 1.165) is 24.1 Å². The monoisotopic (exact) mass is 390 g/mol. The fourth-order valence-corrected chi connectivity index (χ4v) is 2.71. The van der Waals surface area contributed by atoms with Crippen LogP contribution in [-0.2, 0) is 21.4 Å². The van der Waals surface area contributed by atoms with E-state index in [9.17, 15) is 14.0 Å². The number of aromatic nitrogens is 2. The molecule has 0 saturated carbocycles. The number of anilines is 1. The van der Waals surface area contributed by atoms with Crippen LogP contribution in [0.2, 0.25) is 0 Å². The van der Waals surface area contributed by atoms with Crippen molar-refractivity contribution in [2.75, 3.05) is 31.6 Å².